The van der Waals surface area contributed by atoms with Crippen LogP contribution in [0.2, 0.25) is 5.02 Å². The van der Waals surface area contributed by atoms with Gasteiger partial charge in [-0.25, -0.2) is 0 Å². The summed E-state index contributed by atoms with van der Waals surface area (Å²) >= 11 is 6.18. The summed E-state index contributed by atoms with van der Waals surface area (Å²) in [6, 6.07) is 21.4. The van der Waals surface area contributed by atoms with Crippen LogP contribution in [0.1, 0.15) is 32.0 Å². The predicted molar refractivity (Wildman–Crippen MR) is 142 cm³/mol. The monoisotopic (exact) mass is 516 g/mol. The molecule has 4 aromatic rings. The van der Waals surface area contributed by atoms with E-state index >= 15 is 0 Å². The molecule has 37 heavy (non-hydrogen) atoms. The van der Waals surface area contributed by atoms with Crippen molar-refractivity contribution in [3.8, 4) is 22.8 Å². The number of methoxy groups -OCH3 is 2. The predicted octanol–water partition coefficient (Wildman–Crippen LogP) is 6.07. The van der Waals surface area contributed by atoms with Crippen molar-refractivity contribution in [2.75, 3.05) is 26.1 Å². The highest BCUT2D eigenvalue weighted by molar-refractivity contribution is 6.34. The molecule has 0 fully saturated rings. The van der Waals surface area contributed by atoms with Crippen molar-refractivity contribution >= 4 is 29.1 Å². The number of hydrogen-bond donors (Lipinski definition) is 1. The standard InChI is InChI=1S/C29H25ClN2O5/c1-35-26-15-18-13-14-32(17-19(18)16-27(26)36-2)29(34)25-12-11-24(37-25)21-8-4-6-10-23(21)31-28(33)20-7-3-5-9-22(20)30/h3-12,15-16H,13-14,17H2,1-2H3,(H,31,33). The second kappa shape index (κ2) is 10.4. The minimum absolute atomic E-state index is 0.204. The quantitative estimate of drug-likeness (QED) is 0.336. The molecule has 2 heterocycles. The minimum atomic E-state index is -0.333. The molecule has 0 atom stereocenters. The summed E-state index contributed by atoms with van der Waals surface area (Å²) in [6.45, 7) is 0.997. The topological polar surface area (TPSA) is 81.0 Å². The van der Waals surface area contributed by atoms with Crippen LogP contribution in [0.5, 0.6) is 11.5 Å². The van der Waals surface area contributed by atoms with E-state index in [9.17, 15) is 9.59 Å². The van der Waals surface area contributed by atoms with Crippen molar-refractivity contribution in [2.24, 2.45) is 0 Å². The second-order valence-electron chi connectivity index (χ2n) is 8.60. The first-order chi connectivity index (χ1) is 18.0. The number of nitrogens with one attached hydrogen (secondary N) is 1. The van der Waals surface area contributed by atoms with Crippen molar-refractivity contribution in [3.63, 3.8) is 0 Å². The lowest BCUT2D eigenvalue weighted by Crippen LogP contribution is -2.35. The third kappa shape index (κ3) is 4.90. The van der Waals surface area contributed by atoms with Crippen LogP contribution in [-0.4, -0.2) is 37.5 Å². The normalized spacial score (nSPS) is 12.6. The maximum absolute atomic E-state index is 13.3. The summed E-state index contributed by atoms with van der Waals surface area (Å²) in [4.78, 5) is 27.9. The Balaban J connectivity index is 1.36. The van der Waals surface area contributed by atoms with Crippen LogP contribution < -0.4 is 14.8 Å². The molecule has 0 bridgehead atoms. The number of rotatable bonds is 6. The summed E-state index contributed by atoms with van der Waals surface area (Å²) in [6.07, 6.45) is 0.700. The van der Waals surface area contributed by atoms with Crippen LogP contribution >= 0.6 is 11.6 Å². The lowest BCUT2D eigenvalue weighted by atomic mass is 9.98. The Labute approximate surface area is 219 Å². The molecular formula is C29H25ClN2O5. The number of anilines is 1. The number of carbonyl (C=O) groups is 2. The summed E-state index contributed by atoms with van der Waals surface area (Å²) in [5, 5.41) is 3.26. The van der Waals surface area contributed by atoms with E-state index in [1.54, 1.807) is 61.6 Å². The smallest absolute Gasteiger partial charge is 0.289 e. The summed E-state index contributed by atoms with van der Waals surface area (Å²) in [7, 11) is 3.20. The SMILES string of the molecule is COc1cc2c(cc1OC)CN(C(=O)c1ccc(-c3ccccc3NC(=O)c3ccccc3Cl)o1)CC2. The van der Waals surface area contributed by atoms with Crippen molar-refractivity contribution in [2.45, 2.75) is 13.0 Å². The second-order valence-corrected chi connectivity index (χ2v) is 9.00. The van der Waals surface area contributed by atoms with Crippen LogP contribution in [0.4, 0.5) is 5.69 Å². The maximum Gasteiger partial charge on any atom is 0.289 e. The summed E-state index contributed by atoms with van der Waals surface area (Å²) < 4.78 is 16.8. The molecule has 2 amide bonds. The van der Waals surface area contributed by atoms with Gasteiger partial charge in [0.1, 0.15) is 5.76 Å². The van der Waals surface area contributed by atoms with Gasteiger partial charge in [0.05, 0.1) is 30.5 Å². The van der Waals surface area contributed by atoms with Gasteiger partial charge < -0.3 is 24.1 Å². The number of para-hydroxylation sites is 1. The molecular weight excluding hydrogens is 492 g/mol. The molecule has 0 aliphatic carbocycles. The van der Waals surface area contributed by atoms with E-state index in [0.717, 1.165) is 11.1 Å². The number of carbonyl (C=O) groups excluding carboxylic acids is 2. The molecule has 0 saturated heterocycles. The van der Waals surface area contributed by atoms with E-state index < -0.39 is 0 Å². The van der Waals surface area contributed by atoms with Crippen molar-refractivity contribution in [3.05, 3.63) is 100 Å². The zero-order valence-electron chi connectivity index (χ0n) is 20.4. The Morgan fingerprint density at radius 2 is 1.62 bits per heavy atom. The van der Waals surface area contributed by atoms with Crippen molar-refractivity contribution in [1.29, 1.82) is 0 Å². The Hall–Kier alpha value is -4.23. The number of amides is 2. The Morgan fingerprint density at radius 1 is 0.919 bits per heavy atom. The Bertz CT molecular complexity index is 1480. The molecule has 5 rings (SSSR count). The Morgan fingerprint density at radius 3 is 2.38 bits per heavy atom. The van der Waals surface area contributed by atoms with Crippen LogP contribution in [0, 0.1) is 0 Å². The number of hydrogen-bond acceptors (Lipinski definition) is 5. The number of halogens is 1. The molecule has 1 aliphatic heterocycles. The van der Waals surface area contributed by atoms with E-state index in [4.69, 9.17) is 25.5 Å². The maximum atomic E-state index is 13.3. The zero-order chi connectivity index (χ0) is 25.9. The molecule has 3 aromatic carbocycles. The first-order valence-corrected chi connectivity index (χ1v) is 12.1. The molecule has 0 saturated carbocycles. The number of nitrogens with zero attached hydrogens (tertiary/aromatic N) is 1. The van der Waals surface area contributed by atoms with E-state index in [0.29, 0.717) is 58.6 Å². The van der Waals surface area contributed by atoms with Gasteiger partial charge in [-0.05, 0) is 66.1 Å². The summed E-state index contributed by atoms with van der Waals surface area (Å²) in [5.74, 6) is 1.47. The highest BCUT2D eigenvalue weighted by Crippen LogP contribution is 2.34. The number of benzene rings is 3. The average Bonchev–Trinajstić information content (AvgIpc) is 3.42. The van der Waals surface area contributed by atoms with E-state index in [-0.39, 0.29) is 17.6 Å². The third-order valence-electron chi connectivity index (χ3n) is 6.38. The van der Waals surface area contributed by atoms with Gasteiger partial charge in [-0.15, -0.1) is 0 Å². The van der Waals surface area contributed by atoms with Gasteiger partial charge in [-0.2, -0.15) is 0 Å². The lowest BCUT2D eigenvalue weighted by molar-refractivity contribution is 0.0703. The van der Waals surface area contributed by atoms with Gasteiger partial charge in [-0.1, -0.05) is 35.9 Å². The van der Waals surface area contributed by atoms with Gasteiger partial charge in [0.15, 0.2) is 17.3 Å². The molecule has 0 unspecified atom stereocenters. The fraction of sp³-hybridized carbons (Fsp3) is 0.172. The molecule has 0 spiro atoms. The first-order valence-electron chi connectivity index (χ1n) is 11.8. The van der Waals surface area contributed by atoms with E-state index in [2.05, 4.69) is 5.32 Å². The zero-order valence-corrected chi connectivity index (χ0v) is 21.2. The summed E-state index contributed by atoms with van der Waals surface area (Å²) in [5.41, 5.74) is 3.71. The number of fused-ring (bicyclic) bond motifs is 1. The highest BCUT2D eigenvalue weighted by atomic mass is 35.5. The Kier molecular flexibility index (Phi) is 6.88. The van der Waals surface area contributed by atoms with E-state index in [1.807, 2.05) is 30.3 Å². The molecule has 188 valence electrons. The van der Waals surface area contributed by atoms with Crippen LogP contribution in [-0.2, 0) is 13.0 Å². The number of ether oxygens (including phenoxy) is 2. The largest absolute Gasteiger partial charge is 0.493 e. The van der Waals surface area contributed by atoms with Gasteiger partial charge in [0.2, 0.25) is 0 Å². The number of furan rings is 1. The molecule has 0 radical (unpaired) electrons. The van der Waals surface area contributed by atoms with Crippen molar-refractivity contribution < 1.29 is 23.5 Å². The molecule has 7 nitrogen and oxygen atoms in total. The van der Waals surface area contributed by atoms with Crippen LogP contribution in [0.3, 0.4) is 0 Å². The van der Waals surface area contributed by atoms with Gasteiger partial charge in [0.25, 0.3) is 11.8 Å². The fourth-order valence-electron chi connectivity index (χ4n) is 4.45. The van der Waals surface area contributed by atoms with Gasteiger partial charge in [0, 0.05) is 18.7 Å². The highest BCUT2D eigenvalue weighted by Gasteiger charge is 2.26. The molecule has 1 aliphatic rings. The first kappa shape index (κ1) is 24.5. The van der Waals surface area contributed by atoms with E-state index in [1.165, 1.54) is 0 Å². The molecule has 8 heteroatoms. The van der Waals surface area contributed by atoms with Crippen LogP contribution in [0.15, 0.2) is 77.2 Å². The van der Waals surface area contributed by atoms with Crippen LogP contribution in [0.25, 0.3) is 11.3 Å². The fourth-order valence-corrected chi connectivity index (χ4v) is 4.67. The third-order valence-corrected chi connectivity index (χ3v) is 6.71. The van der Waals surface area contributed by atoms with Gasteiger partial charge in [-0.3, -0.25) is 9.59 Å². The van der Waals surface area contributed by atoms with Crippen molar-refractivity contribution in [1.82, 2.24) is 4.90 Å². The average molecular weight is 517 g/mol. The lowest BCUT2D eigenvalue weighted by Gasteiger charge is -2.29. The molecule has 1 aromatic heterocycles. The van der Waals surface area contributed by atoms with Gasteiger partial charge >= 0.3 is 0 Å². The molecule has 1 N–H and O–H groups in total. The minimum Gasteiger partial charge on any atom is -0.493 e.